The van der Waals surface area contributed by atoms with Crippen molar-refractivity contribution < 1.29 is 13.9 Å². The highest BCUT2D eigenvalue weighted by Crippen LogP contribution is 2.21. The standard InChI is InChI=1S/C15H18FN3O2/c1-10-17-13(11-7-5-6-8-12(11)16)9-19(10)18-14(20)21-15(2,3)4/h5-9H,1-4H3,(H,18,20). The average Bonchev–Trinajstić information content (AvgIpc) is 2.68. The highest BCUT2D eigenvalue weighted by molar-refractivity contribution is 5.76. The molecule has 2 aromatic rings. The van der Waals surface area contributed by atoms with Crippen molar-refractivity contribution in [1.82, 2.24) is 9.66 Å². The fraction of sp³-hybridized carbons (Fsp3) is 0.333. The molecular weight excluding hydrogens is 273 g/mol. The van der Waals surface area contributed by atoms with Gasteiger partial charge in [0.1, 0.15) is 17.2 Å². The Labute approximate surface area is 122 Å². The van der Waals surface area contributed by atoms with E-state index in [1.54, 1.807) is 52.1 Å². The van der Waals surface area contributed by atoms with Crippen LogP contribution in [0.15, 0.2) is 30.5 Å². The Kier molecular flexibility index (Phi) is 3.97. The number of benzene rings is 1. The highest BCUT2D eigenvalue weighted by atomic mass is 19.1. The zero-order valence-electron chi connectivity index (χ0n) is 12.5. The summed E-state index contributed by atoms with van der Waals surface area (Å²) in [4.78, 5) is 16.0. The van der Waals surface area contributed by atoms with Gasteiger partial charge in [0.2, 0.25) is 0 Å². The van der Waals surface area contributed by atoms with Crippen molar-refractivity contribution in [1.29, 1.82) is 0 Å². The normalized spacial score (nSPS) is 11.3. The van der Waals surface area contributed by atoms with Gasteiger partial charge >= 0.3 is 6.09 Å². The molecule has 0 aliphatic heterocycles. The predicted molar refractivity (Wildman–Crippen MR) is 78.0 cm³/mol. The quantitative estimate of drug-likeness (QED) is 0.921. The van der Waals surface area contributed by atoms with Gasteiger partial charge < -0.3 is 4.74 Å². The van der Waals surface area contributed by atoms with Gasteiger partial charge in [-0.1, -0.05) is 12.1 Å². The van der Waals surface area contributed by atoms with Crippen LogP contribution >= 0.6 is 0 Å². The van der Waals surface area contributed by atoms with Gasteiger partial charge in [0.25, 0.3) is 0 Å². The molecular formula is C15H18FN3O2. The molecule has 1 N–H and O–H groups in total. The molecule has 5 nitrogen and oxygen atoms in total. The van der Waals surface area contributed by atoms with Crippen LogP contribution in [-0.2, 0) is 4.74 Å². The van der Waals surface area contributed by atoms with Crippen molar-refractivity contribution in [3.05, 3.63) is 42.1 Å². The molecule has 0 aliphatic carbocycles. The summed E-state index contributed by atoms with van der Waals surface area (Å²) in [6.45, 7) is 7.04. The summed E-state index contributed by atoms with van der Waals surface area (Å²) in [5.41, 5.74) is 2.78. The van der Waals surface area contributed by atoms with E-state index in [0.29, 0.717) is 17.1 Å². The van der Waals surface area contributed by atoms with E-state index in [1.807, 2.05) is 0 Å². The molecule has 6 heteroatoms. The van der Waals surface area contributed by atoms with Gasteiger partial charge in [-0.05, 0) is 39.8 Å². The second-order valence-corrected chi connectivity index (χ2v) is 5.64. The van der Waals surface area contributed by atoms with E-state index in [0.717, 1.165) is 0 Å². The van der Waals surface area contributed by atoms with E-state index in [9.17, 15) is 9.18 Å². The van der Waals surface area contributed by atoms with Crippen LogP contribution < -0.4 is 5.43 Å². The maximum absolute atomic E-state index is 13.7. The Hall–Kier alpha value is -2.37. The molecule has 112 valence electrons. The first kappa shape index (κ1) is 15.0. The molecule has 21 heavy (non-hydrogen) atoms. The summed E-state index contributed by atoms with van der Waals surface area (Å²) < 4.78 is 20.3. The minimum Gasteiger partial charge on any atom is -0.443 e. The summed E-state index contributed by atoms with van der Waals surface area (Å²) in [7, 11) is 0. The van der Waals surface area contributed by atoms with E-state index in [2.05, 4.69) is 10.4 Å². The van der Waals surface area contributed by atoms with Crippen molar-refractivity contribution >= 4 is 6.09 Å². The number of rotatable bonds is 2. The Morgan fingerprint density at radius 2 is 2.00 bits per heavy atom. The third-order valence-corrected chi connectivity index (χ3v) is 2.64. The summed E-state index contributed by atoms with van der Waals surface area (Å²) in [5, 5.41) is 0. The van der Waals surface area contributed by atoms with Gasteiger partial charge in [0, 0.05) is 5.56 Å². The lowest BCUT2D eigenvalue weighted by Crippen LogP contribution is -2.31. The largest absolute Gasteiger partial charge is 0.443 e. The number of aryl methyl sites for hydroxylation is 1. The Bertz CT molecular complexity index is 659. The molecule has 1 amide bonds. The van der Waals surface area contributed by atoms with Crippen LogP contribution in [0.25, 0.3) is 11.3 Å². The summed E-state index contributed by atoms with van der Waals surface area (Å²) in [6, 6.07) is 6.34. The number of carbonyl (C=O) groups excluding carboxylic acids is 1. The summed E-state index contributed by atoms with van der Waals surface area (Å²) in [5.74, 6) is 0.165. The lowest BCUT2D eigenvalue weighted by molar-refractivity contribution is 0.0612. The summed E-state index contributed by atoms with van der Waals surface area (Å²) >= 11 is 0. The predicted octanol–water partition coefficient (Wildman–Crippen LogP) is 3.48. The molecule has 0 fully saturated rings. The fourth-order valence-electron chi connectivity index (χ4n) is 1.78. The molecule has 0 unspecified atom stereocenters. The van der Waals surface area contributed by atoms with Crippen LogP contribution in [0.1, 0.15) is 26.6 Å². The molecule has 1 aromatic heterocycles. The van der Waals surface area contributed by atoms with Gasteiger partial charge in [-0.15, -0.1) is 0 Å². The first-order valence-electron chi connectivity index (χ1n) is 6.57. The SMILES string of the molecule is Cc1nc(-c2ccccc2F)cn1NC(=O)OC(C)(C)C. The lowest BCUT2D eigenvalue weighted by atomic mass is 10.1. The average molecular weight is 291 g/mol. The molecule has 0 saturated carbocycles. The van der Waals surface area contributed by atoms with Gasteiger partial charge in [-0.25, -0.2) is 24.3 Å². The van der Waals surface area contributed by atoms with Crippen LogP contribution in [-0.4, -0.2) is 21.4 Å². The van der Waals surface area contributed by atoms with Crippen LogP contribution in [0, 0.1) is 12.7 Å². The van der Waals surface area contributed by atoms with Crippen LogP contribution in [0.5, 0.6) is 0 Å². The summed E-state index contributed by atoms with van der Waals surface area (Å²) in [6.07, 6.45) is 0.959. The number of nitrogens with zero attached hydrogens (tertiary/aromatic N) is 2. The molecule has 2 rings (SSSR count). The third kappa shape index (κ3) is 3.81. The van der Waals surface area contributed by atoms with Gasteiger partial charge in [0.15, 0.2) is 0 Å². The van der Waals surface area contributed by atoms with Crippen molar-refractivity contribution in [2.75, 3.05) is 5.43 Å². The van der Waals surface area contributed by atoms with Gasteiger partial charge in [0.05, 0.1) is 11.9 Å². The fourth-order valence-corrected chi connectivity index (χ4v) is 1.78. The molecule has 0 atom stereocenters. The second-order valence-electron chi connectivity index (χ2n) is 5.64. The van der Waals surface area contributed by atoms with Gasteiger partial charge in [-0.3, -0.25) is 0 Å². The Morgan fingerprint density at radius 3 is 2.62 bits per heavy atom. The van der Waals surface area contributed by atoms with Crippen LogP contribution in [0.4, 0.5) is 9.18 Å². The van der Waals surface area contributed by atoms with E-state index >= 15 is 0 Å². The van der Waals surface area contributed by atoms with E-state index < -0.39 is 11.7 Å². The first-order chi connectivity index (χ1) is 9.76. The minimum absolute atomic E-state index is 0.362. The number of halogens is 1. The molecule has 0 bridgehead atoms. The van der Waals surface area contributed by atoms with Crippen molar-refractivity contribution in [2.24, 2.45) is 0 Å². The van der Waals surface area contributed by atoms with E-state index in [-0.39, 0.29) is 5.82 Å². The number of aromatic nitrogens is 2. The van der Waals surface area contributed by atoms with Crippen molar-refractivity contribution in [3.8, 4) is 11.3 Å². The second kappa shape index (κ2) is 5.55. The Balaban J connectivity index is 2.21. The van der Waals surface area contributed by atoms with Gasteiger partial charge in [-0.2, -0.15) is 0 Å². The highest BCUT2D eigenvalue weighted by Gasteiger charge is 2.17. The van der Waals surface area contributed by atoms with Crippen molar-refractivity contribution in [3.63, 3.8) is 0 Å². The third-order valence-electron chi connectivity index (χ3n) is 2.64. The smallest absolute Gasteiger partial charge is 0.427 e. The molecule has 0 radical (unpaired) electrons. The number of ether oxygens (including phenoxy) is 1. The lowest BCUT2D eigenvalue weighted by Gasteiger charge is -2.20. The van der Waals surface area contributed by atoms with Crippen molar-refractivity contribution in [2.45, 2.75) is 33.3 Å². The molecule has 1 aromatic carbocycles. The first-order valence-corrected chi connectivity index (χ1v) is 6.57. The number of imidazole rings is 1. The minimum atomic E-state index is -0.594. The molecule has 0 spiro atoms. The number of hydrogen-bond donors (Lipinski definition) is 1. The van der Waals surface area contributed by atoms with Crippen LogP contribution in [0.2, 0.25) is 0 Å². The molecule has 1 heterocycles. The number of amides is 1. The van der Waals surface area contributed by atoms with Crippen LogP contribution in [0.3, 0.4) is 0 Å². The topological polar surface area (TPSA) is 56.2 Å². The van der Waals surface area contributed by atoms with E-state index in [1.165, 1.54) is 10.7 Å². The monoisotopic (exact) mass is 291 g/mol. The maximum atomic E-state index is 13.7. The molecule has 0 saturated heterocycles. The zero-order valence-corrected chi connectivity index (χ0v) is 12.5. The zero-order chi connectivity index (χ0) is 15.6. The number of carbonyl (C=O) groups is 1. The number of nitrogens with one attached hydrogen (secondary N) is 1. The number of hydrogen-bond acceptors (Lipinski definition) is 3. The van der Waals surface area contributed by atoms with E-state index in [4.69, 9.17) is 4.74 Å². The molecule has 0 aliphatic rings. The maximum Gasteiger partial charge on any atom is 0.427 e. The Morgan fingerprint density at radius 1 is 1.33 bits per heavy atom.